The quantitative estimate of drug-likeness (QED) is 0.654. The van der Waals surface area contributed by atoms with Crippen LogP contribution in [0.3, 0.4) is 0 Å². The number of carbonyl (C=O) groups excluding carboxylic acids is 2. The number of pyridine rings is 1. The molecule has 1 aromatic heterocycles. The smallest absolute Gasteiger partial charge is 0.252 e. The zero-order chi connectivity index (χ0) is 20.6. The Bertz CT molecular complexity index is 930. The molecule has 1 atom stereocenters. The van der Waals surface area contributed by atoms with Crippen LogP contribution in [0.25, 0.3) is 10.9 Å². The highest BCUT2D eigenvalue weighted by molar-refractivity contribution is 7.99. The molecule has 0 saturated carbocycles. The lowest BCUT2D eigenvalue weighted by atomic mass is 10.1. The zero-order valence-electron chi connectivity index (χ0n) is 16.1. The molecule has 0 aliphatic carbocycles. The molecule has 1 fully saturated rings. The van der Waals surface area contributed by atoms with Crippen LogP contribution in [0.4, 0.5) is 0 Å². The number of ether oxygens (including phenoxy) is 2. The molecule has 1 N–H and O–H groups in total. The van der Waals surface area contributed by atoms with Crippen LogP contribution in [0.15, 0.2) is 30.5 Å². The summed E-state index contributed by atoms with van der Waals surface area (Å²) < 4.78 is 10.5. The van der Waals surface area contributed by atoms with Crippen LogP contribution >= 0.6 is 11.8 Å². The van der Waals surface area contributed by atoms with Crippen LogP contribution in [-0.4, -0.2) is 66.2 Å². The van der Waals surface area contributed by atoms with Gasteiger partial charge in [-0.2, -0.15) is 5.26 Å². The fourth-order valence-electron chi connectivity index (χ4n) is 2.96. The van der Waals surface area contributed by atoms with Crippen LogP contribution in [0, 0.1) is 11.3 Å². The van der Waals surface area contributed by atoms with Crippen LogP contribution in [0.5, 0.6) is 0 Å². The van der Waals surface area contributed by atoms with Gasteiger partial charge in [0.1, 0.15) is 6.04 Å². The van der Waals surface area contributed by atoms with Gasteiger partial charge in [-0.3, -0.25) is 14.6 Å². The summed E-state index contributed by atoms with van der Waals surface area (Å²) in [6, 6.07) is 8.91. The van der Waals surface area contributed by atoms with E-state index in [1.165, 1.54) is 16.7 Å². The number of carbonyl (C=O) groups is 2. The average molecular weight is 414 g/mol. The lowest BCUT2D eigenvalue weighted by Crippen LogP contribution is -2.42. The summed E-state index contributed by atoms with van der Waals surface area (Å²) in [7, 11) is 1.61. The van der Waals surface area contributed by atoms with E-state index < -0.39 is 6.04 Å². The molecule has 0 unspecified atom stereocenters. The van der Waals surface area contributed by atoms with Gasteiger partial charge in [0.05, 0.1) is 49.4 Å². The Morgan fingerprint density at radius 2 is 2.24 bits per heavy atom. The predicted molar refractivity (Wildman–Crippen MR) is 109 cm³/mol. The summed E-state index contributed by atoms with van der Waals surface area (Å²) in [5, 5.41) is 12.5. The van der Waals surface area contributed by atoms with E-state index in [2.05, 4.69) is 16.4 Å². The average Bonchev–Trinajstić information content (AvgIpc) is 3.23. The van der Waals surface area contributed by atoms with Crippen molar-refractivity contribution < 1.29 is 19.1 Å². The summed E-state index contributed by atoms with van der Waals surface area (Å²) in [6.45, 7) is 1.24. The van der Waals surface area contributed by atoms with Gasteiger partial charge in [-0.25, -0.2) is 0 Å². The Morgan fingerprint density at radius 1 is 1.38 bits per heavy atom. The molecule has 2 heterocycles. The highest BCUT2D eigenvalue weighted by atomic mass is 32.2. The van der Waals surface area contributed by atoms with E-state index in [0.717, 1.165) is 5.56 Å². The molecule has 1 aromatic carbocycles. The minimum absolute atomic E-state index is 0.152. The molecule has 1 saturated heterocycles. The summed E-state index contributed by atoms with van der Waals surface area (Å²) in [4.78, 5) is 30.8. The fourth-order valence-corrected chi connectivity index (χ4v) is 4.07. The molecule has 0 bridgehead atoms. The number of amides is 2. The van der Waals surface area contributed by atoms with Gasteiger partial charge in [0.15, 0.2) is 0 Å². The van der Waals surface area contributed by atoms with E-state index in [0.29, 0.717) is 47.9 Å². The van der Waals surface area contributed by atoms with E-state index in [1.54, 1.807) is 19.4 Å². The molecule has 2 aromatic rings. The van der Waals surface area contributed by atoms with Gasteiger partial charge in [-0.1, -0.05) is 6.07 Å². The normalized spacial score (nSPS) is 16.0. The summed E-state index contributed by atoms with van der Waals surface area (Å²) in [5.74, 6) is 0.446. The molecule has 0 radical (unpaired) electrons. The Labute approximate surface area is 173 Å². The maximum atomic E-state index is 12.7. The second kappa shape index (κ2) is 10.2. The van der Waals surface area contributed by atoms with Gasteiger partial charge in [-0.15, -0.1) is 11.8 Å². The lowest BCUT2D eigenvalue weighted by molar-refractivity contribution is -0.129. The van der Waals surface area contributed by atoms with Crippen molar-refractivity contribution >= 4 is 34.5 Å². The molecule has 29 heavy (non-hydrogen) atoms. The third-order valence-corrected chi connectivity index (χ3v) is 5.52. The number of thioether (sulfide) groups is 1. The number of nitrogens with zero attached hydrogens (tertiary/aromatic N) is 3. The minimum atomic E-state index is -0.438. The highest BCUT2D eigenvalue weighted by Crippen LogP contribution is 2.21. The van der Waals surface area contributed by atoms with Crippen LogP contribution in [0.2, 0.25) is 0 Å². The Balaban J connectivity index is 1.68. The molecule has 1 aliphatic rings. The number of rotatable bonds is 8. The van der Waals surface area contributed by atoms with Gasteiger partial charge in [0.25, 0.3) is 5.91 Å². The van der Waals surface area contributed by atoms with E-state index >= 15 is 0 Å². The Morgan fingerprint density at radius 3 is 3.03 bits per heavy atom. The van der Waals surface area contributed by atoms with Crippen molar-refractivity contribution in [2.45, 2.75) is 12.6 Å². The van der Waals surface area contributed by atoms with Crippen molar-refractivity contribution in [2.24, 2.45) is 0 Å². The van der Waals surface area contributed by atoms with E-state index in [4.69, 9.17) is 14.7 Å². The van der Waals surface area contributed by atoms with Crippen molar-refractivity contribution in [1.29, 1.82) is 5.26 Å². The predicted octanol–water partition coefficient (Wildman–Crippen LogP) is 1.55. The number of aromatic nitrogens is 1. The summed E-state index contributed by atoms with van der Waals surface area (Å²) >= 11 is 1.53. The number of fused-ring (bicyclic) bond motifs is 1. The fraction of sp³-hybridized carbons (Fsp3) is 0.400. The van der Waals surface area contributed by atoms with Crippen LogP contribution in [0.1, 0.15) is 15.9 Å². The van der Waals surface area contributed by atoms with E-state index in [9.17, 15) is 9.59 Å². The maximum absolute atomic E-state index is 12.7. The molecule has 3 rings (SSSR count). The van der Waals surface area contributed by atoms with Crippen LogP contribution in [-0.2, 0) is 20.9 Å². The summed E-state index contributed by atoms with van der Waals surface area (Å²) in [6.07, 6.45) is 1.57. The second-order valence-electron chi connectivity index (χ2n) is 6.45. The molecular formula is C20H22N4O4S. The minimum Gasteiger partial charge on any atom is -0.382 e. The number of nitriles is 1. The van der Waals surface area contributed by atoms with Gasteiger partial charge in [0.2, 0.25) is 5.91 Å². The van der Waals surface area contributed by atoms with Gasteiger partial charge >= 0.3 is 0 Å². The first-order chi connectivity index (χ1) is 14.1. The molecular weight excluding hydrogens is 392 g/mol. The zero-order valence-corrected chi connectivity index (χ0v) is 16.9. The van der Waals surface area contributed by atoms with Gasteiger partial charge in [0, 0.05) is 24.4 Å². The van der Waals surface area contributed by atoms with Crippen molar-refractivity contribution in [3.8, 4) is 6.07 Å². The maximum Gasteiger partial charge on any atom is 0.252 e. The molecule has 9 heteroatoms. The highest BCUT2D eigenvalue weighted by Gasteiger charge is 2.29. The molecule has 1 aliphatic heterocycles. The first-order valence-electron chi connectivity index (χ1n) is 9.13. The van der Waals surface area contributed by atoms with Crippen molar-refractivity contribution in [3.05, 3.63) is 41.6 Å². The molecule has 0 spiro atoms. The number of nitrogens with one attached hydrogen (secondary N) is 1. The first kappa shape index (κ1) is 21.0. The SMILES string of the molecule is COCCOCc1ccc2nccc(C(=O)NCC(=O)N3CSC[C@H]3C#N)c2c1. The van der Waals surface area contributed by atoms with E-state index in [1.807, 2.05) is 18.2 Å². The topological polar surface area (TPSA) is 105 Å². The molecule has 2 amide bonds. The first-order valence-corrected chi connectivity index (χ1v) is 10.3. The van der Waals surface area contributed by atoms with Crippen molar-refractivity contribution in [1.82, 2.24) is 15.2 Å². The van der Waals surface area contributed by atoms with E-state index in [-0.39, 0.29) is 18.4 Å². The monoisotopic (exact) mass is 414 g/mol. The van der Waals surface area contributed by atoms with Gasteiger partial charge < -0.3 is 19.7 Å². The number of methoxy groups -OCH3 is 1. The van der Waals surface area contributed by atoms with Gasteiger partial charge in [-0.05, 0) is 23.8 Å². The Hall–Kier alpha value is -2.67. The van der Waals surface area contributed by atoms with Crippen molar-refractivity contribution in [3.63, 3.8) is 0 Å². The lowest BCUT2D eigenvalue weighted by Gasteiger charge is -2.18. The number of benzene rings is 1. The second-order valence-corrected chi connectivity index (χ2v) is 7.45. The third-order valence-electron chi connectivity index (χ3n) is 4.50. The Kier molecular flexibility index (Phi) is 7.41. The number of hydrogen-bond acceptors (Lipinski definition) is 7. The number of hydrogen-bond donors (Lipinski definition) is 1. The van der Waals surface area contributed by atoms with Crippen molar-refractivity contribution in [2.75, 3.05) is 38.5 Å². The third kappa shape index (κ3) is 5.23. The molecule has 8 nitrogen and oxygen atoms in total. The van der Waals surface area contributed by atoms with Crippen LogP contribution < -0.4 is 5.32 Å². The largest absolute Gasteiger partial charge is 0.382 e. The standard InChI is InChI=1S/C20H22N4O4S/c1-27-6-7-28-11-14-2-3-18-17(8-14)16(4-5-22-18)20(26)23-10-19(25)24-13-29-12-15(24)9-21/h2-5,8,15H,6-7,10-13H2,1H3,(H,23,26)/t15-/m1/s1. The summed E-state index contributed by atoms with van der Waals surface area (Å²) in [5.41, 5.74) is 2.04. The molecule has 152 valence electrons.